The highest BCUT2D eigenvalue weighted by Gasteiger charge is 2.33. The fraction of sp³-hybridized carbons (Fsp3) is 0.273. The zero-order valence-electron chi connectivity index (χ0n) is 15.8. The first-order valence-electron chi connectivity index (χ1n) is 9.48. The van der Waals surface area contributed by atoms with Gasteiger partial charge in [0.2, 0.25) is 5.91 Å². The minimum atomic E-state index is -4.45. The van der Waals surface area contributed by atoms with Gasteiger partial charge in [0.05, 0.1) is 11.6 Å². The molecule has 156 valence electrons. The SMILES string of the molecule is O=C(Nc1ccc2cccc(-c3ccccc3OCC(F)(F)F)c2n1)[C@H]1C[C@@H](O)C1. The third-order valence-corrected chi connectivity index (χ3v) is 5.02. The Hall–Kier alpha value is -3.13. The van der Waals surface area contributed by atoms with E-state index >= 15 is 0 Å². The van der Waals surface area contributed by atoms with E-state index < -0.39 is 18.9 Å². The van der Waals surface area contributed by atoms with E-state index in [0.29, 0.717) is 35.3 Å². The van der Waals surface area contributed by atoms with E-state index in [1.54, 1.807) is 42.5 Å². The van der Waals surface area contributed by atoms with Crippen molar-refractivity contribution < 1.29 is 27.8 Å². The number of rotatable bonds is 5. The topological polar surface area (TPSA) is 71.5 Å². The number of para-hydroxylation sites is 2. The smallest absolute Gasteiger partial charge is 0.422 e. The number of aliphatic hydroxyl groups excluding tert-OH is 1. The summed E-state index contributed by atoms with van der Waals surface area (Å²) in [5, 5.41) is 12.9. The fourth-order valence-corrected chi connectivity index (χ4v) is 3.44. The number of aromatic nitrogens is 1. The Morgan fingerprint density at radius 3 is 2.53 bits per heavy atom. The summed E-state index contributed by atoms with van der Waals surface area (Å²) in [7, 11) is 0. The van der Waals surface area contributed by atoms with E-state index in [9.17, 15) is 23.1 Å². The Balaban J connectivity index is 1.67. The molecule has 0 spiro atoms. The molecule has 4 rings (SSSR count). The monoisotopic (exact) mass is 416 g/mol. The van der Waals surface area contributed by atoms with Crippen LogP contribution in [0.5, 0.6) is 5.75 Å². The van der Waals surface area contributed by atoms with E-state index in [-0.39, 0.29) is 17.6 Å². The minimum Gasteiger partial charge on any atom is -0.483 e. The third-order valence-electron chi connectivity index (χ3n) is 5.02. The zero-order valence-corrected chi connectivity index (χ0v) is 15.8. The maximum Gasteiger partial charge on any atom is 0.422 e. The summed E-state index contributed by atoms with van der Waals surface area (Å²) in [5.74, 6) is -0.0140. The number of alkyl halides is 3. The predicted molar refractivity (Wildman–Crippen MR) is 106 cm³/mol. The first-order chi connectivity index (χ1) is 14.3. The largest absolute Gasteiger partial charge is 0.483 e. The van der Waals surface area contributed by atoms with Crippen molar-refractivity contribution >= 4 is 22.6 Å². The molecule has 0 radical (unpaired) electrons. The summed E-state index contributed by atoms with van der Waals surface area (Å²) >= 11 is 0. The molecule has 1 saturated carbocycles. The lowest BCUT2D eigenvalue weighted by Crippen LogP contribution is -2.37. The standard InChI is InChI=1S/C22H19F3N2O3/c23-22(24,25)12-30-18-7-2-1-5-16(18)17-6-3-4-13-8-9-19(26-20(13)17)27-21(29)14-10-15(28)11-14/h1-9,14-15,28H,10-12H2,(H,26,27,29)/t14-,15+. The summed E-state index contributed by atoms with van der Waals surface area (Å²) in [6, 6.07) is 15.3. The van der Waals surface area contributed by atoms with E-state index in [1.807, 2.05) is 6.07 Å². The second-order valence-electron chi connectivity index (χ2n) is 7.29. The third kappa shape index (κ3) is 4.38. The van der Waals surface area contributed by atoms with Crippen LogP contribution in [-0.2, 0) is 4.79 Å². The number of halogens is 3. The summed E-state index contributed by atoms with van der Waals surface area (Å²) in [6.07, 6.45) is -4.04. The van der Waals surface area contributed by atoms with Gasteiger partial charge in [-0.15, -0.1) is 0 Å². The van der Waals surface area contributed by atoms with Gasteiger partial charge in [0.15, 0.2) is 6.61 Å². The highest BCUT2D eigenvalue weighted by molar-refractivity contribution is 5.98. The van der Waals surface area contributed by atoms with Gasteiger partial charge in [0, 0.05) is 22.4 Å². The highest BCUT2D eigenvalue weighted by Crippen LogP contribution is 2.35. The van der Waals surface area contributed by atoms with E-state index in [1.165, 1.54) is 6.07 Å². The molecular formula is C22H19F3N2O3. The van der Waals surface area contributed by atoms with Crippen molar-refractivity contribution in [1.82, 2.24) is 4.98 Å². The Kier molecular flexibility index (Phi) is 5.34. The van der Waals surface area contributed by atoms with Gasteiger partial charge in [-0.25, -0.2) is 4.98 Å². The Labute approximate surface area is 170 Å². The molecule has 0 aliphatic heterocycles. The number of carbonyl (C=O) groups is 1. The molecule has 2 N–H and O–H groups in total. The minimum absolute atomic E-state index is 0.0991. The second kappa shape index (κ2) is 7.95. The lowest BCUT2D eigenvalue weighted by molar-refractivity contribution is -0.153. The molecule has 8 heteroatoms. The van der Waals surface area contributed by atoms with Crippen molar-refractivity contribution in [2.45, 2.75) is 25.1 Å². The molecule has 3 aromatic rings. The van der Waals surface area contributed by atoms with Crippen LogP contribution in [0.15, 0.2) is 54.6 Å². The predicted octanol–water partition coefficient (Wildman–Crippen LogP) is 4.55. The van der Waals surface area contributed by atoms with Gasteiger partial charge in [-0.3, -0.25) is 4.79 Å². The molecule has 1 aliphatic carbocycles. The number of nitrogens with one attached hydrogen (secondary N) is 1. The van der Waals surface area contributed by atoms with E-state index in [4.69, 9.17) is 4.74 Å². The normalized spacial score (nSPS) is 18.7. The number of pyridine rings is 1. The van der Waals surface area contributed by atoms with Gasteiger partial charge in [0.25, 0.3) is 0 Å². The van der Waals surface area contributed by atoms with Crippen LogP contribution >= 0.6 is 0 Å². The van der Waals surface area contributed by atoms with Crippen LogP contribution in [0.25, 0.3) is 22.0 Å². The number of hydrogen-bond acceptors (Lipinski definition) is 4. The number of nitrogens with zero attached hydrogens (tertiary/aromatic N) is 1. The zero-order chi connectivity index (χ0) is 21.3. The molecule has 1 aliphatic rings. The van der Waals surface area contributed by atoms with Crippen LogP contribution < -0.4 is 10.1 Å². The molecule has 1 fully saturated rings. The van der Waals surface area contributed by atoms with Gasteiger partial charge < -0.3 is 15.2 Å². The van der Waals surface area contributed by atoms with E-state index in [0.717, 1.165) is 5.39 Å². The fourth-order valence-electron chi connectivity index (χ4n) is 3.44. The highest BCUT2D eigenvalue weighted by atomic mass is 19.4. The number of aliphatic hydroxyl groups is 1. The first-order valence-corrected chi connectivity index (χ1v) is 9.48. The number of benzene rings is 2. The van der Waals surface area contributed by atoms with Crippen molar-refractivity contribution in [3.8, 4) is 16.9 Å². The summed E-state index contributed by atoms with van der Waals surface area (Å²) in [6.45, 7) is -1.39. The molecule has 0 unspecified atom stereocenters. The van der Waals surface area contributed by atoms with Crippen molar-refractivity contribution in [1.29, 1.82) is 0 Å². The maximum atomic E-state index is 12.6. The van der Waals surface area contributed by atoms with Crippen molar-refractivity contribution in [2.24, 2.45) is 5.92 Å². The first kappa shape index (κ1) is 20.2. The summed E-state index contributed by atoms with van der Waals surface area (Å²) in [4.78, 5) is 16.8. The molecule has 0 saturated heterocycles. The molecule has 1 aromatic heterocycles. The number of ether oxygens (including phenoxy) is 1. The molecule has 0 atom stereocenters. The summed E-state index contributed by atoms with van der Waals surface area (Å²) in [5.41, 5.74) is 1.61. The van der Waals surface area contributed by atoms with Gasteiger partial charge in [-0.1, -0.05) is 36.4 Å². The number of anilines is 1. The Morgan fingerprint density at radius 2 is 1.80 bits per heavy atom. The van der Waals surface area contributed by atoms with Crippen LogP contribution in [-0.4, -0.2) is 34.9 Å². The van der Waals surface area contributed by atoms with Crippen LogP contribution in [0.2, 0.25) is 0 Å². The summed E-state index contributed by atoms with van der Waals surface area (Å²) < 4.78 is 42.9. The van der Waals surface area contributed by atoms with Crippen LogP contribution in [0, 0.1) is 5.92 Å². The van der Waals surface area contributed by atoms with Gasteiger partial charge in [-0.2, -0.15) is 13.2 Å². The average Bonchev–Trinajstić information content (AvgIpc) is 2.69. The molecular weight excluding hydrogens is 397 g/mol. The Bertz CT molecular complexity index is 1080. The van der Waals surface area contributed by atoms with Gasteiger partial charge >= 0.3 is 6.18 Å². The maximum absolute atomic E-state index is 12.6. The molecule has 30 heavy (non-hydrogen) atoms. The van der Waals surface area contributed by atoms with Crippen LogP contribution in [0.3, 0.4) is 0 Å². The quantitative estimate of drug-likeness (QED) is 0.640. The Morgan fingerprint density at radius 1 is 1.07 bits per heavy atom. The van der Waals surface area contributed by atoms with Crippen molar-refractivity contribution in [3.05, 3.63) is 54.6 Å². The number of hydrogen-bond donors (Lipinski definition) is 2. The number of fused-ring (bicyclic) bond motifs is 1. The van der Waals surface area contributed by atoms with Crippen molar-refractivity contribution in [3.63, 3.8) is 0 Å². The van der Waals surface area contributed by atoms with Gasteiger partial charge in [0.1, 0.15) is 11.6 Å². The molecule has 1 heterocycles. The number of carbonyl (C=O) groups excluding carboxylic acids is 1. The molecule has 2 aromatic carbocycles. The van der Waals surface area contributed by atoms with Crippen LogP contribution in [0.1, 0.15) is 12.8 Å². The van der Waals surface area contributed by atoms with Crippen LogP contribution in [0.4, 0.5) is 19.0 Å². The van der Waals surface area contributed by atoms with E-state index in [2.05, 4.69) is 10.3 Å². The molecule has 1 amide bonds. The van der Waals surface area contributed by atoms with Crippen molar-refractivity contribution in [2.75, 3.05) is 11.9 Å². The lowest BCUT2D eigenvalue weighted by atomic mass is 9.82. The second-order valence-corrected chi connectivity index (χ2v) is 7.29. The molecule has 5 nitrogen and oxygen atoms in total. The lowest BCUT2D eigenvalue weighted by Gasteiger charge is -2.29. The number of amides is 1. The molecule has 0 bridgehead atoms. The average molecular weight is 416 g/mol. The van der Waals surface area contributed by atoms with Gasteiger partial charge in [-0.05, 0) is 31.0 Å².